The van der Waals surface area contributed by atoms with Gasteiger partial charge in [-0.2, -0.15) is 0 Å². The summed E-state index contributed by atoms with van der Waals surface area (Å²) in [6.07, 6.45) is -2.31. The summed E-state index contributed by atoms with van der Waals surface area (Å²) in [6.45, 7) is 5.57. The molecular weight excluding hydrogens is 469 g/mol. The van der Waals surface area contributed by atoms with E-state index < -0.39 is 36.3 Å². The van der Waals surface area contributed by atoms with E-state index in [1.165, 1.54) is 6.92 Å². The van der Waals surface area contributed by atoms with Gasteiger partial charge in [0, 0.05) is 33.4 Å². The van der Waals surface area contributed by atoms with Crippen molar-refractivity contribution in [3.63, 3.8) is 0 Å². The van der Waals surface area contributed by atoms with Crippen LogP contribution in [0, 0.1) is 5.92 Å². The van der Waals surface area contributed by atoms with E-state index >= 15 is 0 Å². The molecule has 33 heavy (non-hydrogen) atoms. The third-order valence-electron chi connectivity index (χ3n) is 5.24. The van der Waals surface area contributed by atoms with Crippen LogP contribution in [0.15, 0.2) is 42.5 Å². The third-order valence-corrected chi connectivity index (χ3v) is 5.82. The fourth-order valence-electron chi connectivity index (χ4n) is 3.89. The molecule has 3 rings (SSSR count). The van der Waals surface area contributed by atoms with Gasteiger partial charge in [0.15, 0.2) is 6.23 Å². The molecule has 0 saturated carbocycles. The first-order valence-corrected chi connectivity index (χ1v) is 11.3. The molecule has 1 heterocycles. The number of carbonyl (C=O) groups excluding carboxylic acids is 1. The minimum Gasteiger partial charge on any atom is -0.477 e. The highest BCUT2D eigenvalue weighted by molar-refractivity contribution is 6.31. The van der Waals surface area contributed by atoms with Crippen molar-refractivity contribution < 1.29 is 29.3 Å². The summed E-state index contributed by atoms with van der Waals surface area (Å²) in [5.74, 6) is -4.72. The number of ketones is 1. The Morgan fingerprint density at radius 2 is 1.91 bits per heavy atom. The summed E-state index contributed by atoms with van der Waals surface area (Å²) in [4.78, 5) is 25.3. The van der Waals surface area contributed by atoms with Gasteiger partial charge < -0.3 is 24.6 Å². The number of benzene rings is 2. The highest BCUT2D eigenvalue weighted by Crippen LogP contribution is 2.42. The van der Waals surface area contributed by atoms with Gasteiger partial charge in [0.1, 0.15) is 11.9 Å². The van der Waals surface area contributed by atoms with Crippen LogP contribution in [0.2, 0.25) is 10.0 Å². The van der Waals surface area contributed by atoms with E-state index in [2.05, 4.69) is 0 Å². The number of aliphatic hydroxyl groups is 1. The zero-order chi connectivity index (χ0) is 24.3. The maximum Gasteiger partial charge on any atom is 0.364 e. The highest BCUT2D eigenvalue weighted by atomic mass is 35.5. The summed E-state index contributed by atoms with van der Waals surface area (Å²) < 4.78 is 11.9. The molecule has 0 bridgehead atoms. The van der Waals surface area contributed by atoms with Gasteiger partial charge in [-0.1, -0.05) is 55.2 Å². The van der Waals surface area contributed by atoms with Crippen LogP contribution in [0.1, 0.15) is 44.4 Å². The largest absolute Gasteiger partial charge is 0.477 e. The number of rotatable bonds is 8. The van der Waals surface area contributed by atoms with Crippen molar-refractivity contribution in [1.82, 2.24) is 0 Å². The molecule has 0 aliphatic carbocycles. The van der Waals surface area contributed by atoms with E-state index in [1.54, 1.807) is 24.3 Å². The van der Waals surface area contributed by atoms with Crippen LogP contribution in [0.25, 0.3) is 0 Å². The average Bonchev–Trinajstić information content (AvgIpc) is 2.85. The van der Waals surface area contributed by atoms with Crippen LogP contribution in [-0.2, 0) is 19.1 Å². The lowest BCUT2D eigenvalue weighted by molar-refractivity contribution is -0.246. The first kappa shape index (κ1) is 25.5. The summed E-state index contributed by atoms with van der Waals surface area (Å²) in [5, 5.41) is 21.3. The molecule has 0 spiro atoms. The molecule has 0 fully saturated rings. The standard InChI is InChI=1S/C24H27Cl2NO6/c1-14(2)12-27-20-9-8-16(25)10-18(20)22(17-6-4-5-7-19(17)26)32-13-21(27)33-24(31,23(29)30)11-15(3)28/h4-10,14,21-22,31H,11-13H2,1-3H3,(H,29,30)/t21?,22-,24-/m1/s1. The number of carbonyl (C=O) groups is 2. The molecule has 0 amide bonds. The highest BCUT2D eigenvalue weighted by Gasteiger charge is 2.44. The molecule has 0 saturated heterocycles. The number of carboxylic acid groups (broad SMARTS) is 1. The number of fused-ring (bicyclic) bond motifs is 1. The molecule has 2 aromatic rings. The molecule has 1 unspecified atom stereocenters. The Morgan fingerprint density at radius 1 is 1.21 bits per heavy atom. The molecule has 178 valence electrons. The monoisotopic (exact) mass is 495 g/mol. The fourth-order valence-corrected chi connectivity index (χ4v) is 4.31. The number of anilines is 1. The Hall–Kier alpha value is -2.16. The van der Waals surface area contributed by atoms with Gasteiger partial charge in [-0.25, -0.2) is 4.79 Å². The van der Waals surface area contributed by atoms with Crippen molar-refractivity contribution in [2.24, 2.45) is 5.92 Å². The fraction of sp³-hybridized carbons (Fsp3) is 0.417. The Kier molecular flexibility index (Phi) is 8.03. The van der Waals surface area contributed by atoms with Gasteiger partial charge in [-0.15, -0.1) is 0 Å². The van der Waals surface area contributed by atoms with Crippen LogP contribution < -0.4 is 4.90 Å². The molecule has 9 heteroatoms. The number of hydrogen-bond acceptors (Lipinski definition) is 6. The normalized spacial score (nSPS) is 20.2. The van der Waals surface area contributed by atoms with E-state index in [9.17, 15) is 19.8 Å². The van der Waals surface area contributed by atoms with Gasteiger partial charge >= 0.3 is 5.97 Å². The van der Waals surface area contributed by atoms with Crippen LogP contribution in [-0.4, -0.2) is 47.1 Å². The second-order valence-electron chi connectivity index (χ2n) is 8.53. The van der Waals surface area contributed by atoms with Crippen molar-refractivity contribution in [2.45, 2.75) is 45.3 Å². The quantitative estimate of drug-likeness (QED) is 0.513. The summed E-state index contributed by atoms with van der Waals surface area (Å²) >= 11 is 12.8. The van der Waals surface area contributed by atoms with Crippen molar-refractivity contribution in [3.8, 4) is 0 Å². The van der Waals surface area contributed by atoms with Crippen molar-refractivity contribution in [2.75, 3.05) is 18.1 Å². The lowest BCUT2D eigenvalue weighted by Crippen LogP contribution is -2.52. The first-order chi connectivity index (χ1) is 15.5. The Balaban J connectivity index is 2.12. The SMILES string of the molecule is CC(=O)C[C@@](O)(OC1CO[C@H](c2ccccc2Cl)c2cc(Cl)ccc2N1CC(C)C)C(=O)O. The smallest absolute Gasteiger partial charge is 0.364 e. The average molecular weight is 496 g/mol. The number of halogens is 2. The molecule has 1 aliphatic rings. The van der Waals surface area contributed by atoms with Gasteiger partial charge in [0.2, 0.25) is 0 Å². The Labute approximate surface area is 202 Å². The molecule has 2 aromatic carbocycles. The lowest BCUT2D eigenvalue weighted by atomic mass is 9.99. The topological polar surface area (TPSA) is 96.3 Å². The second kappa shape index (κ2) is 10.4. The first-order valence-electron chi connectivity index (χ1n) is 10.6. The molecular formula is C24H27Cl2NO6. The third kappa shape index (κ3) is 5.86. The van der Waals surface area contributed by atoms with Crippen molar-refractivity contribution in [3.05, 3.63) is 63.6 Å². The zero-order valence-electron chi connectivity index (χ0n) is 18.6. The van der Waals surface area contributed by atoms with E-state index in [1.807, 2.05) is 36.9 Å². The number of Topliss-reactive ketones (excluding diaryl/α,β-unsaturated/α-hetero) is 1. The molecule has 3 atom stereocenters. The minimum atomic E-state index is -2.70. The Bertz CT molecular complexity index is 1030. The minimum absolute atomic E-state index is 0.0948. The molecule has 2 N–H and O–H groups in total. The van der Waals surface area contributed by atoms with E-state index in [0.717, 1.165) is 5.56 Å². The predicted octanol–water partition coefficient (Wildman–Crippen LogP) is 4.67. The summed E-state index contributed by atoms with van der Waals surface area (Å²) in [7, 11) is 0. The number of aliphatic carboxylic acids is 1. The van der Waals surface area contributed by atoms with Crippen LogP contribution in [0.5, 0.6) is 0 Å². The van der Waals surface area contributed by atoms with Gasteiger partial charge in [-0.3, -0.25) is 4.79 Å². The van der Waals surface area contributed by atoms with Gasteiger partial charge in [0.05, 0.1) is 13.0 Å². The molecule has 7 nitrogen and oxygen atoms in total. The lowest BCUT2D eigenvalue weighted by Gasteiger charge is -2.37. The van der Waals surface area contributed by atoms with Crippen LogP contribution in [0.3, 0.4) is 0 Å². The van der Waals surface area contributed by atoms with Gasteiger partial charge in [0.25, 0.3) is 5.79 Å². The predicted molar refractivity (Wildman–Crippen MR) is 126 cm³/mol. The number of hydrogen-bond donors (Lipinski definition) is 2. The maximum absolute atomic E-state index is 11.8. The number of carboxylic acids is 1. The van der Waals surface area contributed by atoms with Crippen molar-refractivity contribution in [1.29, 1.82) is 0 Å². The van der Waals surface area contributed by atoms with Crippen molar-refractivity contribution >= 4 is 40.6 Å². The van der Waals surface area contributed by atoms with Crippen LogP contribution in [0.4, 0.5) is 5.69 Å². The number of ether oxygens (including phenoxy) is 2. The molecule has 1 aliphatic heterocycles. The van der Waals surface area contributed by atoms with E-state index in [-0.39, 0.29) is 12.5 Å². The second-order valence-corrected chi connectivity index (χ2v) is 9.37. The summed E-state index contributed by atoms with van der Waals surface area (Å²) in [6, 6.07) is 12.6. The summed E-state index contributed by atoms with van der Waals surface area (Å²) in [5.41, 5.74) is 2.15. The van der Waals surface area contributed by atoms with E-state index in [0.29, 0.717) is 27.8 Å². The number of nitrogens with zero attached hydrogens (tertiary/aromatic N) is 1. The molecule has 0 radical (unpaired) electrons. The Morgan fingerprint density at radius 3 is 2.52 bits per heavy atom. The molecule has 0 aromatic heterocycles. The maximum atomic E-state index is 11.8. The van der Waals surface area contributed by atoms with Crippen LogP contribution >= 0.6 is 23.2 Å². The zero-order valence-corrected chi connectivity index (χ0v) is 20.1. The van der Waals surface area contributed by atoms with Gasteiger partial charge in [-0.05, 0) is 37.1 Å². The van der Waals surface area contributed by atoms with E-state index in [4.69, 9.17) is 32.7 Å².